The number of aromatic nitrogens is 1. The lowest BCUT2D eigenvalue weighted by Crippen LogP contribution is -2.49. The van der Waals surface area contributed by atoms with Crippen molar-refractivity contribution in [1.29, 1.82) is 0 Å². The number of likely N-dealkylation sites (tertiary alicyclic amines) is 1. The zero-order valence-electron chi connectivity index (χ0n) is 20.9. The van der Waals surface area contributed by atoms with Crippen LogP contribution in [0.3, 0.4) is 0 Å². The fourth-order valence-electron chi connectivity index (χ4n) is 5.71. The monoisotopic (exact) mass is 519 g/mol. The first-order chi connectivity index (χ1) is 17.9. The van der Waals surface area contributed by atoms with Crippen LogP contribution in [0, 0.1) is 23.5 Å². The summed E-state index contributed by atoms with van der Waals surface area (Å²) < 4.78 is 63.2. The Labute approximate surface area is 214 Å². The predicted molar refractivity (Wildman–Crippen MR) is 134 cm³/mol. The molecule has 37 heavy (non-hydrogen) atoms. The second kappa shape index (κ2) is 11.0. The average Bonchev–Trinajstić information content (AvgIpc) is 3.22. The zero-order valence-corrected chi connectivity index (χ0v) is 20.9. The molecule has 200 valence electrons. The number of halogens is 4. The minimum Gasteiger partial charge on any atom is -0.492 e. The number of H-pyrrole nitrogens is 1. The number of hydrogen-bond acceptors (Lipinski definition) is 4. The van der Waals surface area contributed by atoms with Gasteiger partial charge in [-0.15, -0.1) is 0 Å². The first-order valence-corrected chi connectivity index (χ1v) is 12.9. The van der Waals surface area contributed by atoms with Crippen molar-refractivity contribution in [2.75, 3.05) is 52.7 Å². The highest BCUT2D eigenvalue weighted by molar-refractivity contribution is 5.85. The van der Waals surface area contributed by atoms with Crippen LogP contribution in [0.25, 0.3) is 10.9 Å². The standard InChI is InChI=1S/C28H33F4N3O2/c1-17-8-22-21-4-2-3-5-25(21)33-27(22)28(35(17)15-19(12-30)16-36)26-23(31)9-20(10-24(26)32)37-7-6-34-13-18(11-29)14-34/h2-5,9-10,17-19,28,33,36H,6-8,11-16H2,1H3/t17-,19+,28-/m1/s1. The van der Waals surface area contributed by atoms with Crippen molar-refractivity contribution in [3.63, 3.8) is 0 Å². The van der Waals surface area contributed by atoms with Gasteiger partial charge < -0.3 is 14.8 Å². The smallest absolute Gasteiger partial charge is 0.135 e. The maximum absolute atomic E-state index is 15.7. The van der Waals surface area contributed by atoms with Crippen molar-refractivity contribution < 1.29 is 27.4 Å². The lowest BCUT2D eigenvalue weighted by Gasteiger charge is -2.42. The molecule has 0 amide bonds. The van der Waals surface area contributed by atoms with E-state index >= 15 is 8.78 Å². The van der Waals surface area contributed by atoms with Gasteiger partial charge in [-0.3, -0.25) is 18.6 Å². The molecule has 2 N–H and O–H groups in total. The van der Waals surface area contributed by atoms with Crippen molar-refractivity contribution >= 4 is 10.9 Å². The summed E-state index contributed by atoms with van der Waals surface area (Å²) >= 11 is 0. The summed E-state index contributed by atoms with van der Waals surface area (Å²) in [7, 11) is 0. The summed E-state index contributed by atoms with van der Waals surface area (Å²) in [6.07, 6.45) is 0.629. The molecule has 0 radical (unpaired) electrons. The van der Waals surface area contributed by atoms with Gasteiger partial charge >= 0.3 is 0 Å². The van der Waals surface area contributed by atoms with E-state index in [1.165, 1.54) is 12.1 Å². The Hall–Kier alpha value is -2.62. The Kier molecular flexibility index (Phi) is 7.74. The van der Waals surface area contributed by atoms with E-state index in [4.69, 9.17) is 4.74 Å². The number of fused-ring (bicyclic) bond motifs is 3. The molecule has 5 nitrogen and oxygen atoms in total. The number of benzene rings is 2. The van der Waals surface area contributed by atoms with Crippen molar-refractivity contribution in [3.05, 3.63) is 64.9 Å². The van der Waals surface area contributed by atoms with Gasteiger partial charge in [-0.2, -0.15) is 0 Å². The van der Waals surface area contributed by atoms with E-state index in [1.54, 1.807) is 0 Å². The number of aromatic amines is 1. The van der Waals surface area contributed by atoms with E-state index in [9.17, 15) is 13.9 Å². The highest BCUT2D eigenvalue weighted by Gasteiger charge is 2.39. The van der Waals surface area contributed by atoms with E-state index < -0.39 is 30.3 Å². The Morgan fingerprint density at radius 1 is 1.14 bits per heavy atom. The number of ether oxygens (including phenoxy) is 1. The van der Waals surface area contributed by atoms with E-state index in [2.05, 4.69) is 4.98 Å². The summed E-state index contributed by atoms with van der Waals surface area (Å²) in [6.45, 7) is 2.81. The van der Waals surface area contributed by atoms with Crippen LogP contribution in [-0.4, -0.2) is 78.7 Å². The number of aliphatic hydroxyl groups is 1. The van der Waals surface area contributed by atoms with Crippen molar-refractivity contribution in [2.24, 2.45) is 11.8 Å². The number of alkyl halides is 2. The Morgan fingerprint density at radius 3 is 2.54 bits per heavy atom. The first-order valence-electron chi connectivity index (χ1n) is 12.9. The second-order valence-electron chi connectivity index (χ2n) is 10.3. The van der Waals surface area contributed by atoms with Crippen LogP contribution in [0.1, 0.15) is 29.8 Å². The van der Waals surface area contributed by atoms with Crippen LogP contribution in [0.2, 0.25) is 0 Å². The summed E-state index contributed by atoms with van der Waals surface area (Å²) in [5.41, 5.74) is 2.42. The zero-order chi connectivity index (χ0) is 26.1. The first kappa shape index (κ1) is 26.0. The average molecular weight is 520 g/mol. The van der Waals surface area contributed by atoms with E-state index in [1.807, 2.05) is 41.0 Å². The molecule has 3 heterocycles. The van der Waals surface area contributed by atoms with Crippen molar-refractivity contribution in [1.82, 2.24) is 14.8 Å². The number of hydrogen-bond donors (Lipinski definition) is 2. The van der Waals surface area contributed by atoms with Gasteiger partial charge in [0.1, 0.15) is 24.0 Å². The van der Waals surface area contributed by atoms with Crippen molar-refractivity contribution in [3.8, 4) is 5.75 Å². The van der Waals surface area contributed by atoms with Crippen LogP contribution < -0.4 is 4.74 Å². The summed E-state index contributed by atoms with van der Waals surface area (Å²) in [4.78, 5) is 7.28. The maximum Gasteiger partial charge on any atom is 0.135 e. The minimum absolute atomic E-state index is 0.0624. The molecule has 0 aliphatic carbocycles. The van der Waals surface area contributed by atoms with Gasteiger partial charge in [0.15, 0.2) is 0 Å². The van der Waals surface area contributed by atoms with Gasteiger partial charge in [-0.05, 0) is 25.0 Å². The topological polar surface area (TPSA) is 51.7 Å². The summed E-state index contributed by atoms with van der Waals surface area (Å²) in [5.74, 6) is -2.00. The van der Waals surface area contributed by atoms with Gasteiger partial charge in [-0.25, -0.2) is 8.78 Å². The molecular weight excluding hydrogens is 486 g/mol. The molecule has 1 aromatic heterocycles. The molecule has 9 heteroatoms. The number of aliphatic hydroxyl groups excluding tert-OH is 1. The quantitative estimate of drug-likeness (QED) is 0.384. The predicted octanol–water partition coefficient (Wildman–Crippen LogP) is 4.64. The minimum atomic E-state index is -0.820. The van der Waals surface area contributed by atoms with Crippen LogP contribution in [0.15, 0.2) is 36.4 Å². The molecule has 2 aromatic carbocycles. The number of rotatable bonds is 10. The van der Waals surface area contributed by atoms with Gasteiger partial charge in [0.2, 0.25) is 0 Å². The van der Waals surface area contributed by atoms with Gasteiger partial charge in [-0.1, -0.05) is 18.2 Å². The van der Waals surface area contributed by atoms with Crippen LogP contribution in [-0.2, 0) is 6.42 Å². The molecule has 1 saturated heterocycles. The Balaban J connectivity index is 1.46. The third-order valence-corrected chi connectivity index (χ3v) is 7.72. The van der Waals surface area contributed by atoms with Crippen LogP contribution >= 0.6 is 0 Å². The lowest BCUT2D eigenvalue weighted by atomic mass is 9.87. The summed E-state index contributed by atoms with van der Waals surface area (Å²) in [6, 6.07) is 9.16. The van der Waals surface area contributed by atoms with Gasteiger partial charge in [0.25, 0.3) is 0 Å². The Bertz CT molecular complexity index is 1200. The van der Waals surface area contributed by atoms with Gasteiger partial charge in [0.05, 0.1) is 19.4 Å². The molecule has 2 aliphatic heterocycles. The molecule has 3 aromatic rings. The number of nitrogens with one attached hydrogen (secondary N) is 1. The lowest BCUT2D eigenvalue weighted by molar-refractivity contribution is 0.0666. The number of para-hydroxylation sites is 1. The maximum atomic E-state index is 15.7. The third-order valence-electron chi connectivity index (χ3n) is 7.72. The van der Waals surface area contributed by atoms with Crippen LogP contribution in [0.4, 0.5) is 17.6 Å². The third kappa shape index (κ3) is 5.09. The molecule has 0 spiro atoms. The molecule has 1 fully saturated rings. The molecule has 2 aliphatic rings. The molecule has 5 rings (SSSR count). The van der Waals surface area contributed by atoms with E-state index in [0.29, 0.717) is 31.7 Å². The molecular formula is C28H33F4N3O2. The molecule has 3 atom stereocenters. The van der Waals surface area contributed by atoms with Crippen LogP contribution in [0.5, 0.6) is 5.75 Å². The molecule has 0 bridgehead atoms. The number of nitrogens with zero attached hydrogens (tertiary/aromatic N) is 2. The van der Waals surface area contributed by atoms with E-state index in [0.717, 1.165) is 16.5 Å². The highest BCUT2D eigenvalue weighted by atomic mass is 19.1. The molecule has 0 saturated carbocycles. The SMILES string of the molecule is C[C@@H]1Cc2c([nH]c3ccccc23)[C@@H](c2c(F)cc(OCCN3CC(CF)C3)cc2F)N1C[C@@H](CO)CF. The fraction of sp³-hybridized carbons (Fsp3) is 0.500. The molecule has 0 unspecified atom stereocenters. The van der Waals surface area contributed by atoms with Gasteiger partial charge in [0, 0.05) is 85.0 Å². The normalized spacial score (nSPS) is 21.7. The second-order valence-corrected chi connectivity index (χ2v) is 10.3. The van der Waals surface area contributed by atoms with E-state index in [-0.39, 0.29) is 49.7 Å². The van der Waals surface area contributed by atoms with Crippen molar-refractivity contribution in [2.45, 2.75) is 25.4 Å². The largest absolute Gasteiger partial charge is 0.492 e. The highest BCUT2D eigenvalue weighted by Crippen LogP contribution is 2.43. The Morgan fingerprint density at radius 2 is 1.86 bits per heavy atom. The summed E-state index contributed by atoms with van der Waals surface area (Å²) in [5, 5.41) is 10.7. The fourth-order valence-corrected chi connectivity index (χ4v) is 5.71.